The molecule has 5 heteroatoms. The predicted octanol–water partition coefficient (Wildman–Crippen LogP) is 10.3. The third-order valence-corrected chi connectivity index (χ3v) is 8.46. The van der Waals surface area contributed by atoms with Gasteiger partial charge in [-0.05, 0) is 68.5 Å². The maximum atomic E-state index is 6.67. The van der Waals surface area contributed by atoms with E-state index in [1.165, 1.54) is 44.1 Å². The second kappa shape index (κ2) is 15.8. The molecular formula is C34H48O4S. The number of benzene rings is 2. The Morgan fingerprint density at radius 2 is 1.44 bits per heavy atom. The Balaban J connectivity index is 2.04. The van der Waals surface area contributed by atoms with Gasteiger partial charge in [0.2, 0.25) is 0 Å². The van der Waals surface area contributed by atoms with Gasteiger partial charge in [0.15, 0.2) is 11.5 Å². The summed E-state index contributed by atoms with van der Waals surface area (Å²) >= 11 is 1.75. The molecule has 0 aliphatic rings. The molecule has 214 valence electrons. The second-order valence-corrected chi connectivity index (χ2v) is 11.6. The van der Waals surface area contributed by atoms with Gasteiger partial charge in [-0.3, -0.25) is 0 Å². The lowest BCUT2D eigenvalue weighted by Crippen LogP contribution is -2.12. The van der Waals surface area contributed by atoms with E-state index < -0.39 is 0 Å². The molecule has 0 saturated heterocycles. The van der Waals surface area contributed by atoms with Crippen molar-refractivity contribution < 1.29 is 18.9 Å². The van der Waals surface area contributed by atoms with Crippen LogP contribution in [0.4, 0.5) is 0 Å². The highest BCUT2D eigenvalue weighted by Gasteiger charge is 2.23. The van der Waals surface area contributed by atoms with Gasteiger partial charge in [0.25, 0.3) is 0 Å². The number of hydrogen-bond acceptors (Lipinski definition) is 5. The molecule has 0 fully saturated rings. The van der Waals surface area contributed by atoms with Gasteiger partial charge in [0, 0.05) is 16.0 Å². The van der Waals surface area contributed by atoms with Gasteiger partial charge in [-0.1, -0.05) is 70.9 Å². The molecular weight excluding hydrogens is 504 g/mol. The highest BCUT2D eigenvalue weighted by molar-refractivity contribution is 7.16. The number of ether oxygens (including phenoxy) is 4. The van der Waals surface area contributed by atoms with Crippen LogP contribution in [0.5, 0.6) is 23.0 Å². The Morgan fingerprint density at radius 1 is 0.744 bits per heavy atom. The van der Waals surface area contributed by atoms with E-state index >= 15 is 0 Å². The lowest BCUT2D eigenvalue weighted by Gasteiger charge is -2.18. The second-order valence-electron chi connectivity index (χ2n) is 10.4. The molecule has 0 radical (unpaired) electrons. The van der Waals surface area contributed by atoms with Crippen molar-refractivity contribution in [3.63, 3.8) is 0 Å². The maximum absolute atomic E-state index is 6.67. The summed E-state index contributed by atoms with van der Waals surface area (Å²) in [4.78, 5) is 2.26. The third-order valence-electron chi connectivity index (χ3n) is 7.35. The van der Waals surface area contributed by atoms with E-state index in [1.54, 1.807) is 25.6 Å². The SMILES string of the molecule is CCCCCCOc1c(C)sc(-c2ccc(OC)c(-c3cc(C)ccc3OC)c2)c1OCC(CC)CCCC. The van der Waals surface area contributed by atoms with Crippen molar-refractivity contribution in [2.75, 3.05) is 27.4 Å². The van der Waals surface area contributed by atoms with Gasteiger partial charge in [-0.2, -0.15) is 0 Å². The predicted molar refractivity (Wildman–Crippen MR) is 166 cm³/mol. The molecule has 1 atom stereocenters. The molecule has 0 N–H and O–H groups in total. The van der Waals surface area contributed by atoms with Crippen LogP contribution in [0.2, 0.25) is 0 Å². The van der Waals surface area contributed by atoms with Crippen LogP contribution < -0.4 is 18.9 Å². The van der Waals surface area contributed by atoms with Crippen molar-refractivity contribution in [2.45, 2.75) is 86.0 Å². The molecule has 1 heterocycles. The van der Waals surface area contributed by atoms with Gasteiger partial charge in [0.05, 0.1) is 32.3 Å². The summed E-state index contributed by atoms with van der Waals surface area (Å²) in [5, 5.41) is 0. The topological polar surface area (TPSA) is 36.9 Å². The van der Waals surface area contributed by atoms with Crippen molar-refractivity contribution in [2.24, 2.45) is 5.92 Å². The van der Waals surface area contributed by atoms with Crippen LogP contribution in [0.25, 0.3) is 21.6 Å². The first-order chi connectivity index (χ1) is 19.0. The van der Waals surface area contributed by atoms with Crippen LogP contribution in [0, 0.1) is 19.8 Å². The molecule has 3 aromatic rings. The lowest BCUT2D eigenvalue weighted by atomic mass is 9.98. The zero-order chi connectivity index (χ0) is 28.2. The minimum Gasteiger partial charge on any atom is -0.496 e. The minimum atomic E-state index is 0.540. The van der Waals surface area contributed by atoms with Crippen LogP contribution in [0.3, 0.4) is 0 Å². The Labute approximate surface area is 240 Å². The van der Waals surface area contributed by atoms with Gasteiger partial charge in [-0.15, -0.1) is 11.3 Å². The number of aryl methyl sites for hydroxylation is 2. The molecule has 1 aromatic heterocycles. The zero-order valence-corrected chi connectivity index (χ0v) is 26.0. The maximum Gasteiger partial charge on any atom is 0.180 e. The molecule has 0 bridgehead atoms. The van der Waals surface area contributed by atoms with E-state index in [1.807, 2.05) is 12.1 Å². The molecule has 2 aromatic carbocycles. The van der Waals surface area contributed by atoms with E-state index in [9.17, 15) is 0 Å². The van der Waals surface area contributed by atoms with Crippen LogP contribution in [-0.2, 0) is 0 Å². The molecule has 0 aliphatic heterocycles. The normalized spacial score (nSPS) is 11.9. The molecule has 1 unspecified atom stereocenters. The van der Waals surface area contributed by atoms with Crippen LogP contribution in [0.1, 0.15) is 82.6 Å². The number of hydrogen-bond donors (Lipinski definition) is 0. The van der Waals surface area contributed by atoms with Crippen molar-refractivity contribution in [1.82, 2.24) is 0 Å². The molecule has 39 heavy (non-hydrogen) atoms. The van der Waals surface area contributed by atoms with Crippen molar-refractivity contribution >= 4 is 11.3 Å². The first-order valence-corrected chi connectivity index (χ1v) is 15.5. The standard InChI is InChI=1S/C34H48O4S/c1-8-11-13-14-20-37-32-25(5)39-34(33(32)38-23-26(10-3)15-12-9-2)27-17-19-31(36-7)29(22-27)28-21-24(4)16-18-30(28)35-6/h16-19,21-22,26H,8-15,20,23H2,1-7H3. The Morgan fingerprint density at radius 3 is 2.10 bits per heavy atom. The van der Waals surface area contributed by atoms with E-state index in [0.29, 0.717) is 12.5 Å². The van der Waals surface area contributed by atoms with Crippen molar-refractivity contribution in [3.8, 4) is 44.6 Å². The number of thiophene rings is 1. The van der Waals surface area contributed by atoms with E-state index in [-0.39, 0.29) is 0 Å². The van der Waals surface area contributed by atoms with E-state index in [0.717, 1.165) is 68.9 Å². The molecule has 0 spiro atoms. The molecule has 4 nitrogen and oxygen atoms in total. The first-order valence-electron chi connectivity index (χ1n) is 14.7. The summed E-state index contributed by atoms with van der Waals surface area (Å²) in [7, 11) is 3.43. The fourth-order valence-electron chi connectivity index (χ4n) is 4.89. The molecule has 0 aliphatic carbocycles. The summed E-state index contributed by atoms with van der Waals surface area (Å²) < 4.78 is 24.6. The van der Waals surface area contributed by atoms with Gasteiger partial charge < -0.3 is 18.9 Å². The highest BCUT2D eigenvalue weighted by atomic mass is 32.1. The van der Waals surface area contributed by atoms with Gasteiger partial charge in [0.1, 0.15) is 11.5 Å². The van der Waals surface area contributed by atoms with Crippen molar-refractivity contribution in [1.29, 1.82) is 0 Å². The van der Waals surface area contributed by atoms with Crippen LogP contribution in [0.15, 0.2) is 36.4 Å². The van der Waals surface area contributed by atoms with Gasteiger partial charge >= 0.3 is 0 Å². The van der Waals surface area contributed by atoms with Crippen molar-refractivity contribution in [3.05, 3.63) is 46.8 Å². The lowest BCUT2D eigenvalue weighted by molar-refractivity contribution is 0.218. The van der Waals surface area contributed by atoms with E-state index in [2.05, 4.69) is 58.9 Å². The largest absolute Gasteiger partial charge is 0.496 e. The van der Waals surface area contributed by atoms with Gasteiger partial charge in [-0.25, -0.2) is 0 Å². The Bertz CT molecular complexity index is 1170. The first kappa shape index (κ1) is 30.9. The summed E-state index contributed by atoms with van der Waals surface area (Å²) in [6.45, 7) is 12.4. The fraction of sp³-hybridized carbons (Fsp3) is 0.529. The monoisotopic (exact) mass is 552 g/mol. The molecule has 0 saturated carbocycles. The summed E-state index contributed by atoms with van der Waals surface area (Å²) in [5.74, 6) is 3.97. The quantitative estimate of drug-likeness (QED) is 0.156. The van der Waals surface area contributed by atoms with Crippen LogP contribution >= 0.6 is 11.3 Å². The number of unbranched alkanes of at least 4 members (excludes halogenated alkanes) is 4. The number of methoxy groups -OCH3 is 2. The summed E-state index contributed by atoms with van der Waals surface area (Å²) in [6, 6.07) is 12.6. The fourth-order valence-corrected chi connectivity index (χ4v) is 5.93. The Hall–Kier alpha value is -2.66. The minimum absolute atomic E-state index is 0.540. The zero-order valence-electron chi connectivity index (χ0n) is 25.2. The summed E-state index contributed by atoms with van der Waals surface area (Å²) in [6.07, 6.45) is 9.47. The highest BCUT2D eigenvalue weighted by Crippen LogP contribution is 2.50. The molecule has 3 rings (SSSR count). The van der Waals surface area contributed by atoms with Crippen LogP contribution in [-0.4, -0.2) is 27.4 Å². The average molecular weight is 553 g/mol. The molecule has 0 amide bonds. The number of rotatable bonds is 17. The smallest absolute Gasteiger partial charge is 0.180 e. The summed E-state index contributed by atoms with van der Waals surface area (Å²) in [5.41, 5.74) is 4.29. The van der Waals surface area contributed by atoms with E-state index in [4.69, 9.17) is 18.9 Å². The third kappa shape index (κ3) is 8.17. The Kier molecular flexibility index (Phi) is 12.5. The average Bonchev–Trinajstić information content (AvgIpc) is 3.27.